The van der Waals surface area contributed by atoms with Gasteiger partial charge in [0.05, 0.1) is 11.2 Å². The molecule has 108 valence electrons. The number of benzene rings is 2. The van der Waals surface area contributed by atoms with Crippen molar-refractivity contribution in [2.75, 3.05) is 5.32 Å². The summed E-state index contributed by atoms with van der Waals surface area (Å²) in [5.74, 6) is 0. The number of nitrogens with zero attached hydrogens (tertiary/aromatic N) is 3. The molecule has 0 unspecified atom stereocenters. The third kappa shape index (κ3) is 2.85. The highest BCUT2D eigenvalue weighted by molar-refractivity contribution is 6.30. The first kappa shape index (κ1) is 14.3. The summed E-state index contributed by atoms with van der Waals surface area (Å²) in [5.41, 5.74) is 3.90. The van der Waals surface area contributed by atoms with E-state index in [1.54, 1.807) is 0 Å². The van der Waals surface area contributed by atoms with Crippen molar-refractivity contribution in [1.29, 1.82) is 5.26 Å². The molecule has 3 aromatic rings. The van der Waals surface area contributed by atoms with Gasteiger partial charge in [-0.25, -0.2) is 0 Å². The molecule has 0 fully saturated rings. The van der Waals surface area contributed by atoms with Gasteiger partial charge in [0, 0.05) is 17.0 Å². The zero-order chi connectivity index (χ0) is 15.5. The molecule has 1 aromatic heterocycles. The molecule has 5 heteroatoms. The molecular formula is C17H13ClN4. The molecule has 0 saturated carbocycles. The topological polar surface area (TPSA) is 61.6 Å². The molecule has 0 bridgehead atoms. The Morgan fingerprint density at radius 1 is 1.18 bits per heavy atom. The normalized spacial score (nSPS) is 10.4. The minimum atomic E-state index is 0.292. The summed E-state index contributed by atoms with van der Waals surface area (Å²) >= 11 is 6.00. The first-order valence-electron chi connectivity index (χ1n) is 6.83. The molecule has 0 aliphatic rings. The number of hydrogen-bond acceptors (Lipinski definition) is 4. The Bertz CT molecular complexity index is 883. The molecule has 0 aliphatic heterocycles. The molecule has 1 heterocycles. The first-order chi connectivity index (χ1) is 10.7. The third-order valence-corrected chi connectivity index (χ3v) is 3.62. The lowest BCUT2D eigenvalue weighted by Gasteiger charge is -2.11. The van der Waals surface area contributed by atoms with E-state index in [-0.39, 0.29) is 0 Å². The van der Waals surface area contributed by atoms with Gasteiger partial charge in [-0.05, 0) is 36.8 Å². The Morgan fingerprint density at radius 2 is 2.05 bits per heavy atom. The maximum Gasteiger partial charge on any atom is 0.186 e. The number of rotatable bonds is 3. The zero-order valence-corrected chi connectivity index (χ0v) is 12.7. The van der Waals surface area contributed by atoms with E-state index >= 15 is 0 Å². The van der Waals surface area contributed by atoms with E-state index in [1.807, 2.05) is 49.4 Å². The third-order valence-electron chi connectivity index (χ3n) is 3.38. The highest BCUT2D eigenvalue weighted by Gasteiger charge is 2.10. The lowest BCUT2D eigenvalue weighted by atomic mass is 10.1. The van der Waals surface area contributed by atoms with Crippen LogP contribution in [0.5, 0.6) is 0 Å². The van der Waals surface area contributed by atoms with Gasteiger partial charge in [0.1, 0.15) is 6.07 Å². The van der Waals surface area contributed by atoms with Crippen LogP contribution < -0.4 is 5.32 Å². The van der Waals surface area contributed by atoms with Crippen molar-refractivity contribution in [2.24, 2.45) is 0 Å². The van der Waals surface area contributed by atoms with E-state index < -0.39 is 0 Å². The van der Waals surface area contributed by atoms with Crippen LogP contribution in [-0.4, -0.2) is 10.2 Å². The fraction of sp³-hybridized carbons (Fsp3) is 0.118. The number of nitrogens with one attached hydrogen (secondary N) is 1. The van der Waals surface area contributed by atoms with Crippen molar-refractivity contribution in [3.8, 4) is 6.07 Å². The number of halogens is 1. The van der Waals surface area contributed by atoms with Crippen molar-refractivity contribution in [2.45, 2.75) is 13.5 Å². The number of aryl methyl sites for hydroxylation is 1. The SMILES string of the molecule is Cc1ccc2nnc(C#N)c(NCc3cccc(Cl)c3)c2c1. The quantitative estimate of drug-likeness (QED) is 0.792. The van der Waals surface area contributed by atoms with Gasteiger partial charge in [-0.3, -0.25) is 0 Å². The van der Waals surface area contributed by atoms with E-state index in [2.05, 4.69) is 21.6 Å². The molecule has 0 saturated heterocycles. The summed E-state index contributed by atoms with van der Waals surface area (Å²) in [6.07, 6.45) is 0. The van der Waals surface area contributed by atoms with E-state index in [9.17, 15) is 5.26 Å². The van der Waals surface area contributed by atoms with E-state index in [1.165, 1.54) is 0 Å². The first-order valence-corrected chi connectivity index (χ1v) is 7.20. The molecule has 4 nitrogen and oxygen atoms in total. The molecular weight excluding hydrogens is 296 g/mol. The van der Waals surface area contributed by atoms with Crippen LogP contribution in [0.4, 0.5) is 5.69 Å². The van der Waals surface area contributed by atoms with Gasteiger partial charge in [-0.1, -0.05) is 35.4 Å². The maximum absolute atomic E-state index is 9.27. The summed E-state index contributed by atoms with van der Waals surface area (Å²) in [5, 5.41) is 22.2. The summed E-state index contributed by atoms with van der Waals surface area (Å²) in [6, 6.07) is 15.6. The molecule has 3 rings (SSSR count). The van der Waals surface area contributed by atoms with Crippen LogP contribution in [0.3, 0.4) is 0 Å². The average Bonchev–Trinajstić information content (AvgIpc) is 2.52. The molecule has 0 aliphatic carbocycles. The fourth-order valence-electron chi connectivity index (χ4n) is 2.31. The van der Waals surface area contributed by atoms with Crippen molar-refractivity contribution in [3.05, 3.63) is 64.3 Å². The fourth-order valence-corrected chi connectivity index (χ4v) is 2.53. The van der Waals surface area contributed by atoms with Gasteiger partial charge in [0.2, 0.25) is 0 Å². The molecule has 1 N–H and O–H groups in total. The Balaban J connectivity index is 2.01. The zero-order valence-electron chi connectivity index (χ0n) is 12.0. The van der Waals surface area contributed by atoms with Crippen LogP contribution in [0.15, 0.2) is 42.5 Å². The predicted octanol–water partition coefficient (Wildman–Crippen LogP) is 4.08. The molecule has 2 aromatic carbocycles. The number of hydrogen-bond donors (Lipinski definition) is 1. The van der Waals surface area contributed by atoms with Gasteiger partial charge < -0.3 is 5.32 Å². The number of anilines is 1. The second-order valence-electron chi connectivity index (χ2n) is 5.04. The summed E-state index contributed by atoms with van der Waals surface area (Å²) in [4.78, 5) is 0. The lowest BCUT2D eigenvalue weighted by Crippen LogP contribution is -2.05. The molecule has 0 spiro atoms. The Hall–Kier alpha value is -2.64. The van der Waals surface area contributed by atoms with E-state index in [0.29, 0.717) is 22.9 Å². The van der Waals surface area contributed by atoms with Crippen molar-refractivity contribution in [1.82, 2.24) is 10.2 Å². The number of nitriles is 1. The molecule has 0 atom stereocenters. The van der Waals surface area contributed by atoms with Gasteiger partial charge in [0.15, 0.2) is 5.69 Å². The van der Waals surface area contributed by atoms with Crippen LogP contribution in [0.1, 0.15) is 16.8 Å². The summed E-state index contributed by atoms with van der Waals surface area (Å²) in [6.45, 7) is 2.57. The summed E-state index contributed by atoms with van der Waals surface area (Å²) < 4.78 is 0. The smallest absolute Gasteiger partial charge is 0.186 e. The maximum atomic E-state index is 9.27. The highest BCUT2D eigenvalue weighted by atomic mass is 35.5. The average molecular weight is 309 g/mol. The van der Waals surface area contributed by atoms with Crippen LogP contribution in [0.2, 0.25) is 5.02 Å². The van der Waals surface area contributed by atoms with Gasteiger partial charge in [0.25, 0.3) is 0 Å². The highest BCUT2D eigenvalue weighted by Crippen LogP contribution is 2.25. The standard InChI is InChI=1S/C17H13ClN4/c1-11-5-6-15-14(7-11)17(16(9-19)22-21-15)20-10-12-3-2-4-13(18)8-12/h2-8H,10H2,1H3,(H,20,21). The Morgan fingerprint density at radius 3 is 2.82 bits per heavy atom. The van der Waals surface area contributed by atoms with Crippen molar-refractivity contribution < 1.29 is 0 Å². The number of fused-ring (bicyclic) bond motifs is 1. The van der Waals surface area contributed by atoms with Crippen molar-refractivity contribution in [3.63, 3.8) is 0 Å². The van der Waals surface area contributed by atoms with Crippen LogP contribution in [0, 0.1) is 18.3 Å². The minimum absolute atomic E-state index is 0.292. The van der Waals surface area contributed by atoms with Crippen LogP contribution >= 0.6 is 11.6 Å². The predicted molar refractivity (Wildman–Crippen MR) is 87.8 cm³/mol. The monoisotopic (exact) mass is 308 g/mol. The Labute approximate surface area is 133 Å². The van der Waals surface area contributed by atoms with Gasteiger partial charge in [-0.2, -0.15) is 5.26 Å². The van der Waals surface area contributed by atoms with Crippen molar-refractivity contribution >= 4 is 28.2 Å². The Kier molecular flexibility index (Phi) is 3.90. The minimum Gasteiger partial charge on any atom is -0.378 e. The van der Waals surface area contributed by atoms with E-state index in [4.69, 9.17) is 11.6 Å². The molecule has 22 heavy (non-hydrogen) atoms. The van der Waals surface area contributed by atoms with Gasteiger partial charge >= 0.3 is 0 Å². The van der Waals surface area contributed by atoms with Gasteiger partial charge in [-0.15, -0.1) is 10.2 Å². The lowest BCUT2D eigenvalue weighted by molar-refractivity contribution is 1.04. The molecule has 0 radical (unpaired) electrons. The van der Waals surface area contributed by atoms with Crippen LogP contribution in [-0.2, 0) is 6.54 Å². The largest absolute Gasteiger partial charge is 0.378 e. The number of aromatic nitrogens is 2. The second-order valence-corrected chi connectivity index (χ2v) is 5.48. The van der Waals surface area contributed by atoms with Crippen LogP contribution in [0.25, 0.3) is 10.9 Å². The summed E-state index contributed by atoms with van der Waals surface area (Å²) in [7, 11) is 0. The second kappa shape index (κ2) is 6.00. The molecule has 0 amide bonds. The van der Waals surface area contributed by atoms with E-state index in [0.717, 1.165) is 22.0 Å².